The molecule has 0 bridgehead atoms. The van der Waals surface area contributed by atoms with Gasteiger partial charge in [-0.05, 0) is 38.2 Å². The Balaban J connectivity index is 4.68. The average Bonchev–Trinajstić information content (AvgIpc) is 3.12. The predicted molar refractivity (Wildman–Crippen MR) is 218 cm³/mol. The second-order valence-corrected chi connectivity index (χ2v) is 15.1. The summed E-state index contributed by atoms with van der Waals surface area (Å²) in [6.07, 6.45) is 42.7. The Labute approximate surface area is 316 Å². The number of rotatable bonds is 39. The third-order valence-corrected chi connectivity index (χ3v) is 10.0. The number of hydrogen-bond donors (Lipinski definition) is 3. The number of nitrogens with one attached hydrogen (secondary N) is 1. The highest BCUT2D eigenvalue weighted by Gasteiger charge is 2.23. The van der Waals surface area contributed by atoms with Crippen LogP contribution in [0.2, 0.25) is 0 Å². The molecule has 3 unspecified atom stereocenters. The summed E-state index contributed by atoms with van der Waals surface area (Å²) in [5.41, 5.74) is 0. The molecule has 0 fully saturated rings. The number of ether oxygens (including phenoxy) is 1. The number of unbranched alkanes of at least 4 members (excludes halogenated alkanes) is 25. The summed E-state index contributed by atoms with van der Waals surface area (Å²) in [6.45, 7) is 6.41. The summed E-state index contributed by atoms with van der Waals surface area (Å²) in [5.74, 6) is -0.598. The van der Waals surface area contributed by atoms with Gasteiger partial charge >= 0.3 is 5.97 Å². The van der Waals surface area contributed by atoms with Gasteiger partial charge in [0, 0.05) is 6.42 Å². The standard InChI is InChI=1S/C45H85NO5/c1-4-7-10-13-16-19-22-24-27-30-33-36-41(51-45(50)38-35-32-29-26-23-20-17-14-11-8-5-2)39-44(49)46-42(40-47)43(48)37-34-31-28-25-21-18-15-12-9-6-3/h24,27,33,36,41-43,47-48H,4-23,25-26,28-32,34-35,37-40H2,1-3H3,(H,46,49)/b27-24-,36-33+. The van der Waals surface area contributed by atoms with Gasteiger partial charge in [0.1, 0.15) is 6.10 Å². The summed E-state index contributed by atoms with van der Waals surface area (Å²) in [5, 5.41) is 23.5. The number of aliphatic hydroxyl groups is 2. The van der Waals surface area contributed by atoms with E-state index in [1.807, 2.05) is 12.2 Å². The molecule has 0 spiro atoms. The largest absolute Gasteiger partial charge is 0.458 e. The van der Waals surface area contributed by atoms with Gasteiger partial charge < -0.3 is 20.3 Å². The van der Waals surface area contributed by atoms with E-state index in [0.29, 0.717) is 12.8 Å². The summed E-state index contributed by atoms with van der Waals surface area (Å²) in [4.78, 5) is 25.8. The molecule has 51 heavy (non-hydrogen) atoms. The first-order valence-electron chi connectivity index (χ1n) is 22.1. The SMILES string of the molecule is CCCCCCCC/C=C\C/C=C/C(CC(=O)NC(CO)C(O)CCCCCCCCCCCC)OC(=O)CCCCCCCCCCCCC. The molecule has 0 aliphatic carbocycles. The fourth-order valence-corrected chi connectivity index (χ4v) is 6.63. The number of carbonyl (C=O) groups is 2. The van der Waals surface area contributed by atoms with Crippen molar-refractivity contribution < 1.29 is 24.5 Å². The van der Waals surface area contributed by atoms with Crippen LogP contribution in [-0.4, -0.2) is 46.9 Å². The van der Waals surface area contributed by atoms with E-state index in [-0.39, 0.29) is 24.9 Å². The van der Waals surface area contributed by atoms with Crippen LogP contribution < -0.4 is 5.32 Å². The number of esters is 1. The zero-order valence-electron chi connectivity index (χ0n) is 34.0. The lowest BCUT2D eigenvalue weighted by Gasteiger charge is -2.23. The molecule has 0 aliphatic heterocycles. The van der Waals surface area contributed by atoms with Crippen molar-refractivity contribution in [2.24, 2.45) is 0 Å². The molecule has 0 radical (unpaired) electrons. The third kappa shape index (κ3) is 35.2. The van der Waals surface area contributed by atoms with Crippen molar-refractivity contribution in [1.82, 2.24) is 5.32 Å². The van der Waals surface area contributed by atoms with Crippen LogP contribution in [0.3, 0.4) is 0 Å². The highest BCUT2D eigenvalue weighted by molar-refractivity contribution is 5.78. The second kappa shape index (κ2) is 39.5. The van der Waals surface area contributed by atoms with Gasteiger partial charge in [0.05, 0.1) is 25.2 Å². The molecule has 3 atom stereocenters. The van der Waals surface area contributed by atoms with Crippen LogP contribution in [0.25, 0.3) is 0 Å². The van der Waals surface area contributed by atoms with Gasteiger partial charge in [-0.1, -0.05) is 200 Å². The molecule has 0 aromatic rings. The lowest BCUT2D eigenvalue weighted by Crippen LogP contribution is -2.46. The van der Waals surface area contributed by atoms with Crippen molar-refractivity contribution >= 4 is 11.9 Å². The smallest absolute Gasteiger partial charge is 0.306 e. The van der Waals surface area contributed by atoms with E-state index in [1.165, 1.54) is 135 Å². The van der Waals surface area contributed by atoms with E-state index in [4.69, 9.17) is 4.74 Å². The van der Waals surface area contributed by atoms with Crippen molar-refractivity contribution in [1.29, 1.82) is 0 Å². The van der Waals surface area contributed by atoms with Crippen molar-refractivity contribution in [3.8, 4) is 0 Å². The van der Waals surface area contributed by atoms with Crippen LogP contribution in [0, 0.1) is 0 Å². The van der Waals surface area contributed by atoms with Crippen molar-refractivity contribution in [2.75, 3.05) is 6.61 Å². The van der Waals surface area contributed by atoms with Crippen LogP contribution in [0.1, 0.15) is 226 Å². The minimum Gasteiger partial charge on any atom is -0.458 e. The molecule has 0 saturated carbocycles. The Bertz CT molecular complexity index is 812. The monoisotopic (exact) mass is 720 g/mol. The molecule has 3 N–H and O–H groups in total. The Morgan fingerprint density at radius 3 is 1.53 bits per heavy atom. The van der Waals surface area contributed by atoms with Crippen molar-refractivity contribution in [3.63, 3.8) is 0 Å². The molecule has 0 heterocycles. The lowest BCUT2D eigenvalue weighted by molar-refractivity contribution is -0.148. The Morgan fingerprint density at radius 1 is 0.588 bits per heavy atom. The highest BCUT2D eigenvalue weighted by atomic mass is 16.5. The fourth-order valence-electron chi connectivity index (χ4n) is 6.63. The van der Waals surface area contributed by atoms with Crippen LogP contribution in [-0.2, 0) is 14.3 Å². The fraction of sp³-hybridized carbons (Fsp3) is 0.867. The number of allylic oxidation sites excluding steroid dienone is 3. The average molecular weight is 720 g/mol. The predicted octanol–water partition coefficient (Wildman–Crippen LogP) is 12.4. The Kier molecular flexibility index (Phi) is 38.3. The number of hydrogen-bond acceptors (Lipinski definition) is 5. The second-order valence-electron chi connectivity index (χ2n) is 15.1. The zero-order valence-corrected chi connectivity index (χ0v) is 34.0. The van der Waals surface area contributed by atoms with E-state index >= 15 is 0 Å². The number of aliphatic hydroxyl groups excluding tert-OH is 2. The molecule has 0 saturated heterocycles. The molecule has 6 nitrogen and oxygen atoms in total. The van der Waals surface area contributed by atoms with Crippen LogP contribution >= 0.6 is 0 Å². The molecule has 1 amide bonds. The topological polar surface area (TPSA) is 95.9 Å². The first kappa shape index (κ1) is 49.3. The van der Waals surface area contributed by atoms with E-state index < -0.39 is 18.2 Å². The zero-order chi connectivity index (χ0) is 37.5. The Morgan fingerprint density at radius 2 is 1.04 bits per heavy atom. The van der Waals surface area contributed by atoms with Gasteiger partial charge in [0.2, 0.25) is 5.91 Å². The van der Waals surface area contributed by atoms with E-state index in [0.717, 1.165) is 51.4 Å². The normalized spacial score (nSPS) is 13.6. The van der Waals surface area contributed by atoms with Gasteiger partial charge in [-0.2, -0.15) is 0 Å². The molecule has 0 aromatic heterocycles. The number of amides is 1. The van der Waals surface area contributed by atoms with Gasteiger partial charge in [-0.15, -0.1) is 0 Å². The molecular formula is C45H85NO5. The van der Waals surface area contributed by atoms with E-state index in [1.54, 1.807) is 0 Å². The van der Waals surface area contributed by atoms with Crippen LogP contribution in [0.15, 0.2) is 24.3 Å². The maximum Gasteiger partial charge on any atom is 0.306 e. The van der Waals surface area contributed by atoms with Crippen molar-refractivity contribution in [3.05, 3.63) is 24.3 Å². The lowest BCUT2D eigenvalue weighted by atomic mass is 10.0. The van der Waals surface area contributed by atoms with Gasteiger partial charge in [0.15, 0.2) is 0 Å². The minimum absolute atomic E-state index is 0.0244. The van der Waals surface area contributed by atoms with Gasteiger partial charge in [0.25, 0.3) is 0 Å². The summed E-state index contributed by atoms with van der Waals surface area (Å²) < 4.78 is 5.78. The molecule has 300 valence electrons. The van der Waals surface area contributed by atoms with Crippen LogP contribution in [0.5, 0.6) is 0 Å². The molecule has 0 aliphatic rings. The quantitative estimate of drug-likeness (QED) is 0.0334. The highest BCUT2D eigenvalue weighted by Crippen LogP contribution is 2.15. The number of carbonyl (C=O) groups excluding carboxylic acids is 2. The Hall–Kier alpha value is -1.66. The van der Waals surface area contributed by atoms with Crippen molar-refractivity contribution in [2.45, 2.75) is 244 Å². The minimum atomic E-state index is -0.803. The van der Waals surface area contributed by atoms with Gasteiger partial charge in [-0.25, -0.2) is 0 Å². The third-order valence-electron chi connectivity index (χ3n) is 10.0. The van der Waals surface area contributed by atoms with E-state index in [2.05, 4.69) is 38.2 Å². The first-order valence-corrected chi connectivity index (χ1v) is 22.1. The maximum absolute atomic E-state index is 13.0. The maximum atomic E-state index is 13.0. The molecule has 6 heteroatoms. The summed E-state index contributed by atoms with van der Waals surface area (Å²) in [7, 11) is 0. The summed E-state index contributed by atoms with van der Waals surface area (Å²) >= 11 is 0. The van der Waals surface area contributed by atoms with E-state index in [9.17, 15) is 19.8 Å². The molecule has 0 aromatic carbocycles. The first-order chi connectivity index (χ1) is 25.0. The van der Waals surface area contributed by atoms with Crippen LogP contribution in [0.4, 0.5) is 0 Å². The van der Waals surface area contributed by atoms with Gasteiger partial charge in [-0.3, -0.25) is 9.59 Å². The molecular weight excluding hydrogens is 634 g/mol. The molecule has 0 rings (SSSR count). The summed E-state index contributed by atoms with van der Waals surface area (Å²) in [6, 6.07) is -0.724.